The van der Waals surface area contributed by atoms with Crippen molar-refractivity contribution >= 4 is 18.0 Å². The molecule has 0 bridgehead atoms. The first-order valence-electron chi connectivity index (χ1n) is 3.20. The van der Waals surface area contributed by atoms with Gasteiger partial charge in [-0.25, -0.2) is 4.79 Å². The summed E-state index contributed by atoms with van der Waals surface area (Å²) in [7, 11) is 0. The minimum absolute atomic E-state index is 0. The molecule has 0 radical (unpaired) electrons. The Bertz CT molecular complexity index is 289. The van der Waals surface area contributed by atoms with Gasteiger partial charge in [-0.05, 0) is 24.3 Å². The van der Waals surface area contributed by atoms with E-state index in [0.29, 0.717) is 16.9 Å². The van der Waals surface area contributed by atoms with Gasteiger partial charge < -0.3 is 10.4 Å². The Morgan fingerprint density at radius 2 is 1.93 bits per heavy atom. The molecule has 5 nitrogen and oxygen atoms in total. The van der Waals surface area contributed by atoms with Crippen LogP contribution in [0.5, 0.6) is 0 Å². The van der Waals surface area contributed by atoms with Crippen molar-refractivity contribution in [3.05, 3.63) is 29.8 Å². The number of aromatic carboxylic acids is 1. The van der Waals surface area contributed by atoms with Gasteiger partial charge >= 0.3 is 57.4 Å². The summed E-state index contributed by atoms with van der Waals surface area (Å²) >= 11 is 0.713. The normalized spacial score (nSPS) is 9.21. The molecule has 0 saturated carbocycles. The molecule has 1 N–H and O–H groups in total. The number of rotatable bonds is 4. The van der Waals surface area contributed by atoms with Crippen molar-refractivity contribution < 1.29 is 75.9 Å². The first-order valence-corrected chi connectivity index (χ1v) is 3.94. The van der Waals surface area contributed by atoms with Crippen LogP contribution in [-0.4, -0.2) is 11.1 Å². The van der Waals surface area contributed by atoms with Gasteiger partial charge in [-0.2, -0.15) is 4.33 Å². The fourth-order valence-corrected chi connectivity index (χ4v) is 1.06. The predicted molar refractivity (Wildman–Crippen MR) is 41.4 cm³/mol. The van der Waals surface area contributed by atoms with Crippen molar-refractivity contribution in [2.45, 2.75) is 4.90 Å². The predicted octanol–water partition coefficient (Wildman–Crippen LogP) is -2.38. The summed E-state index contributed by atoms with van der Waals surface area (Å²) in [6.07, 6.45) is 0. The molecule has 0 aliphatic heterocycles. The Morgan fingerprint density at radius 1 is 1.36 bits per heavy atom. The third-order valence-electron chi connectivity index (χ3n) is 1.26. The summed E-state index contributed by atoms with van der Waals surface area (Å²) < 4.78 is 4.03. The van der Waals surface area contributed by atoms with Crippen molar-refractivity contribution in [2.75, 3.05) is 0 Å². The average Bonchev–Trinajstić information content (AvgIpc) is 2.15. The van der Waals surface area contributed by atoms with Crippen LogP contribution >= 0.6 is 12.0 Å². The topological polar surface area (TPSA) is 78.8 Å². The van der Waals surface area contributed by atoms with Crippen molar-refractivity contribution in [2.24, 2.45) is 0 Å². The maximum atomic E-state index is 10.4. The number of carbonyl (C=O) groups is 1. The summed E-state index contributed by atoms with van der Waals surface area (Å²) in [6.45, 7) is 0. The smallest absolute Gasteiger partial charge is 0.691 e. The molecule has 70 valence electrons. The van der Waals surface area contributed by atoms with Crippen LogP contribution in [-0.2, 0) is 9.37 Å². The second-order valence-electron chi connectivity index (χ2n) is 2.05. The number of hydrogen-bond donors (Lipinski definition) is 1. The third-order valence-corrected chi connectivity index (χ3v) is 1.85. The second-order valence-corrected chi connectivity index (χ2v) is 2.82. The monoisotopic (exact) mass is 240 g/mol. The molecule has 0 aromatic heterocycles. The summed E-state index contributed by atoms with van der Waals surface area (Å²) in [5, 5.41) is 21.1. The summed E-state index contributed by atoms with van der Waals surface area (Å²) in [5.41, 5.74) is 0.174. The Morgan fingerprint density at radius 3 is 2.36 bits per heavy atom. The quantitative estimate of drug-likeness (QED) is 0.274. The van der Waals surface area contributed by atoms with Gasteiger partial charge in [0, 0.05) is 4.90 Å². The van der Waals surface area contributed by atoms with E-state index >= 15 is 0 Å². The maximum absolute atomic E-state index is 10.4. The van der Waals surface area contributed by atoms with Crippen molar-refractivity contribution in [3.63, 3.8) is 0 Å². The molecular formula is C7H5KO5S. The van der Waals surface area contributed by atoms with Gasteiger partial charge in [-0.1, -0.05) is 0 Å². The first kappa shape index (κ1) is 14.6. The fourth-order valence-electron chi connectivity index (χ4n) is 0.706. The molecule has 0 fully saturated rings. The maximum Gasteiger partial charge on any atom is 1.00 e. The molecular weight excluding hydrogens is 235 g/mol. The van der Waals surface area contributed by atoms with Crippen LogP contribution in [0.4, 0.5) is 0 Å². The van der Waals surface area contributed by atoms with E-state index in [4.69, 9.17) is 5.11 Å². The largest absolute Gasteiger partial charge is 1.00 e. The fraction of sp³-hybridized carbons (Fsp3) is 0. The van der Waals surface area contributed by atoms with Gasteiger partial charge in [0.25, 0.3) is 0 Å². The zero-order chi connectivity index (χ0) is 9.68. The zero-order valence-corrected chi connectivity index (χ0v) is 11.2. The molecule has 1 aromatic rings. The molecule has 0 aliphatic carbocycles. The van der Waals surface area contributed by atoms with Crippen LogP contribution in [0.1, 0.15) is 10.4 Å². The minimum Gasteiger partial charge on any atom is -0.691 e. The Balaban J connectivity index is 0.00000169. The second kappa shape index (κ2) is 7.80. The molecule has 14 heavy (non-hydrogen) atoms. The van der Waals surface area contributed by atoms with E-state index in [1.807, 2.05) is 0 Å². The van der Waals surface area contributed by atoms with Crippen molar-refractivity contribution in [3.8, 4) is 0 Å². The molecule has 0 spiro atoms. The standard InChI is InChI=1S/C7H6O5S.K/c8-7(9)5-1-3-6(4-2-5)13-12-11-10;/h1-4,10H,(H,8,9);/q;+1/p-1. The molecule has 0 amide bonds. The molecule has 1 aromatic carbocycles. The van der Waals surface area contributed by atoms with Gasteiger partial charge in [-0.3, -0.25) is 5.04 Å². The van der Waals surface area contributed by atoms with Crippen molar-refractivity contribution in [1.29, 1.82) is 0 Å². The van der Waals surface area contributed by atoms with Crippen molar-refractivity contribution in [1.82, 2.24) is 0 Å². The van der Waals surface area contributed by atoms with Gasteiger partial charge in [0.2, 0.25) is 0 Å². The van der Waals surface area contributed by atoms with E-state index in [0.717, 1.165) is 0 Å². The number of hydrogen-bond acceptors (Lipinski definition) is 5. The van der Waals surface area contributed by atoms with Gasteiger partial charge in [0.05, 0.1) is 17.6 Å². The molecule has 1 rings (SSSR count). The van der Waals surface area contributed by atoms with E-state index in [2.05, 4.69) is 9.37 Å². The van der Waals surface area contributed by atoms with Crippen LogP contribution in [0, 0.1) is 0 Å². The molecule has 0 unspecified atom stereocenters. The van der Waals surface area contributed by atoms with E-state index in [9.17, 15) is 10.1 Å². The molecule has 0 aliphatic rings. The molecule has 7 heteroatoms. The van der Waals surface area contributed by atoms with E-state index < -0.39 is 5.97 Å². The van der Waals surface area contributed by atoms with Crippen LogP contribution in [0.3, 0.4) is 0 Å². The first-order chi connectivity index (χ1) is 6.24. The van der Waals surface area contributed by atoms with Crippen LogP contribution in [0.25, 0.3) is 0 Å². The minimum atomic E-state index is -1.00. The SMILES string of the molecule is O=C(O)c1ccc(SOO[O-])cc1.[K+]. The summed E-state index contributed by atoms with van der Waals surface area (Å²) in [5.74, 6) is -1.00. The van der Waals surface area contributed by atoms with E-state index in [1.165, 1.54) is 24.3 Å². The van der Waals surface area contributed by atoms with Crippen LogP contribution < -0.4 is 56.6 Å². The third kappa shape index (κ3) is 4.87. The molecule has 0 atom stereocenters. The average molecular weight is 240 g/mol. The molecule has 0 saturated heterocycles. The van der Waals surface area contributed by atoms with E-state index in [1.54, 1.807) is 0 Å². The summed E-state index contributed by atoms with van der Waals surface area (Å²) in [4.78, 5) is 11.0. The zero-order valence-electron chi connectivity index (χ0n) is 7.30. The summed E-state index contributed by atoms with van der Waals surface area (Å²) in [6, 6.07) is 5.82. The Hall–Kier alpha value is 0.556. The van der Waals surface area contributed by atoms with Crippen LogP contribution in [0.15, 0.2) is 29.2 Å². The van der Waals surface area contributed by atoms with Gasteiger partial charge in [0.1, 0.15) is 0 Å². The van der Waals surface area contributed by atoms with Gasteiger partial charge in [-0.15, -0.1) is 0 Å². The number of carboxylic acids is 1. The number of carboxylic acid groups (broad SMARTS) is 1. The Labute approximate surface area is 127 Å². The van der Waals surface area contributed by atoms with E-state index in [-0.39, 0.29) is 56.9 Å². The molecule has 0 heterocycles. The Kier molecular flexibility index (Phi) is 8.11. The van der Waals surface area contributed by atoms with Crippen LogP contribution in [0.2, 0.25) is 0 Å². The number of benzene rings is 1. The van der Waals surface area contributed by atoms with Gasteiger partial charge in [0.15, 0.2) is 0 Å².